The Balaban J connectivity index is 1.91. The van der Waals surface area contributed by atoms with Gasteiger partial charge in [0.2, 0.25) is 0 Å². The second-order valence-electron chi connectivity index (χ2n) is 5.18. The van der Waals surface area contributed by atoms with E-state index in [9.17, 15) is 4.79 Å². The highest BCUT2D eigenvalue weighted by Gasteiger charge is 2.14. The summed E-state index contributed by atoms with van der Waals surface area (Å²) in [6, 6.07) is 5.45. The normalized spacial score (nSPS) is 10.5. The molecule has 24 heavy (non-hydrogen) atoms. The van der Waals surface area contributed by atoms with Gasteiger partial charge in [-0.1, -0.05) is 29.3 Å². The molecule has 0 aliphatic rings. The standard InChI is InChI=1S/C17H20Cl2N4O/c1-3-23(4-2)17(24)15-10-22-16(11-21-15)20-8-7-12-5-6-13(18)9-14(12)19/h5-6,9-11H,3-4,7-8H2,1-2H3,(H,20,22). The molecule has 0 bridgehead atoms. The molecule has 0 spiro atoms. The van der Waals surface area contributed by atoms with Crippen molar-refractivity contribution in [3.8, 4) is 0 Å². The number of hydrogen-bond acceptors (Lipinski definition) is 4. The summed E-state index contributed by atoms with van der Waals surface area (Å²) >= 11 is 12.0. The van der Waals surface area contributed by atoms with Crippen molar-refractivity contribution in [1.29, 1.82) is 0 Å². The average Bonchev–Trinajstić information content (AvgIpc) is 2.58. The summed E-state index contributed by atoms with van der Waals surface area (Å²) in [7, 11) is 0. The fraction of sp³-hybridized carbons (Fsp3) is 0.353. The van der Waals surface area contributed by atoms with Gasteiger partial charge in [0.25, 0.3) is 5.91 Å². The Bertz CT molecular complexity index is 687. The molecule has 1 heterocycles. The second-order valence-corrected chi connectivity index (χ2v) is 6.02. The highest BCUT2D eigenvalue weighted by atomic mass is 35.5. The first-order valence-corrected chi connectivity index (χ1v) is 8.59. The first kappa shape index (κ1) is 18.5. The molecular weight excluding hydrogens is 347 g/mol. The molecule has 1 aromatic heterocycles. The molecule has 7 heteroatoms. The predicted molar refractivity (Wildman–Crippen MR) is 97.9 cm³/mol. The van der Waals surface area contributed by atoms with Crippen LogP contribution in [0.15, 0.2) is 30.6 Å². The molecule has 128 valence electrons. The zero-order chi connectivity index (χ0) is 17.5. The number of aromatic nitrogens is 2. The number of halogens is 2. The molecule has 2 rings (SSSR count). The molecular formula is C17H20Cl2N4O. The zero-order valence-corrected chi connectivity index (χ0v) is 15.2. The number of nitrogens with zero attached hydrogens (tertiary/aromatic N) is 3. The Morgan fingerprint density at radius 2 is 1.92 bits per heavy atom. The van der Waals surface area contributed by atoms with Crippen LogP contribution < -0.4 is 5.32 Å². The van der Waals surface area contributed by atoms with Crippen LogP contribution in [0.4, 0.5) is 5.82 Å². The molecule has 1 amide bonds. The van der Waals surface area contributed by atoms with Crippen LogP contribution in [-0.2, 0) is 6.42 Å². The maximum Gasteiger partial charge on any atom is 0.274 e. The summed E-state index contributed by atoms with van der Waals surface area (Å²) in [5.41, 5.74) is 1.36. The minimum atomic E-state index is -0.105. The molecule has 0 aliphatic heterocycles. The Morgan fingerprint density at radius 3 is 2.50 bits per heavy atom. The second kappa shape index (κ2) is 8.85. The van der Waals surface area contributed by atoms with Gasteiger partial charge >= 0.3 is 0 Å². The van der Waals surface area contributed by atoms with E-state index in [1.54, 1.807) is 17.2 Å². The summed E-state index contributed by atoms with van der Waals surface area (Å²) < 4.78 is 0. The fourth-order valence-electron chi connectivity index (χ4n) is 2.25. The van der Waals surface area contributed by atoms with E-state index in [-0.39, 0.29) is 5.91 Å². The number of nitrogens with one attached hydrogen (secondary N) is 1. The van der Waals surface area contributed by atoms with Crippen LogP contribution in [0.5, 0.6) is 0 Å². The number of carbonyl (C=O) groups excluding carboxylic acids is 1. The van der Waals surface area contributed by atoms with Crippen molar-refractivity contribution >= 4 is 34.9 Å². The number of rotatable bonds is 7. The molecule has 1 aromatic carbocycles. The van der Waals surface area contributed by atoms with E-state index in [0.717, 1.165) is 12.0 Å². The van der Waals surface area contributed by atoms with Crippen LogP contribution in [0, 0.1) is 0 Å². The zero-order valence-electron chi connectivity index (χ0n) is 13.7. The lowest BCUT2D eigenvalue weighted by Gasteiger charge is -2.17. The molecule has 0 saturated heterocycles. The molecule has 0 unspecified atom stereocenters. The lowest BCUT2D eigenvalue weighted by molar-refractivity contribution is 0.0766. The SMILES string of the molecule is CCN(CC)C(=O)c1cnc(NCCc2ccc(Cl)cc2Cl)cn1. The molecule has 0 radical (unpaired) electrons. The fourth-order valence-corrected chi connectivity index (χ4v) is 2.76. The van der Waals surface area contributed by atoms with Gasteiger partial charge in [0.05, 0.1) is 12.4 Å². The molecule has 0 atom stereocenters. The van der Waals surface area contributed by atoms with Crippen molar-refractivity contribution in [1.82, 2.24) is 14.9 Å². The van der Waals surface area contributed by atoms with Gasteiger partial charge in [0.1, 0.15) is 11.5 Å². The topological polar surface area (TPSA) is 58.1 Å². The summed E-state index contributed by atoms with van der Waals surface area (Å²) in [5.74, 6) is 0.517. The lowest BCUT2D eigenvalue weighted by Crippen LogP contribution is -2.31. The van der Waals surface area contributed by atoms with Crippen molar-refractivity contribution < 1.29 is 4.79 Å². The molecule has 0 saturated carbocycles. The molecule has 0 fully saturated rings. The quantitative estimate of drug-likeness (QED) is 0.806. The number of anilines is 1. The van der Waals surface area contributed by atoms with Crippen LogP contribution >= 0.6 is 23.2 Å². The van der Waals surface area contributed by atoms with Crippen molar-refractivity contribution in [2.75, 3.05) is 25.0 Å². The highest BCUT2D eigenvalue weighted by Crippen LogP contribution is 2.21. The summed E-state index contributed by atoms with van der Waals surface area (Å²) in [6.45, 7) is 5.83. The smallest absolute Gasteiger partial charge is 0.274 e. The maximum atomic E-state index is 12.2. The predicted octanol–water partition coefficient (Wildman–Crippen LogP) is 3.92. The Hall–Kier alpha value is -1.85. The van der Waals surface area contributed by atoms with E-state index in [1.807, 2.05) is 26.0 Å². The summed E-state index contributed by atoms with van der Waals surface area (Å²) in [5, 5.41) is 4.44. The third-order valence-corrected chi connectivity index (χ3v) is 4.22. The average molecular weight is 367 g/mol. The largest absolute Gasteiger partial charge is 0.368 e. The van der Waals surface area contributed by atoms with E-state index >= 15 is 0 Å². The van der Waals surface area contributed by atoms with Crippen molar-refractivity contribution in [2.45, 2.75) is 20.3 Å². The van der Waals surface area contributed by atoms with Gasteiger partial charge in [0.15, 0.2) is 0 Å². The lowest BCUT2D eigenvalue weighted by atomic mass is 10.1. The molecule has 5 nitrogen and oxygen atoms in total. The van der Waals surface area contributed by atoms with E-state index in [2.05, 4.69) is 15.3 Å². The Morgan fingerprint density at radius 1 is 1.17 bits per heavy atom. The molecule has 1 N–H and O–H groups in total. The first-order valence-electron chi connectivity index (χ1n) is 7.84. The minimum absolute atomic E-state index is 0.105. The van der Waals surface area contributed by atoms with Crippen LogP contribution in [0.2, 0.25) is 10.0 Å². The van der Waals surface area contributed by atoms with Gasteiger partial charge in [0, 0.05) is 29.7 Å². The Kier molecular flexibility index (Phi) is 6.82. The third-order valence-electron chi connectivity index (χ3n) is 3.64. The van der Waals surface area contributed by atoms with E-state index in [0.29, 0.717) is 41.2 Å². The maximum absolute atomic E-state index is 12.2. The number of amides is 1. The van der Waals surface area contributed by atoms with Crippen molar-refractivity contribution in [3.63, 3.8) is 0 Å². The highest BCUT2D eigenvalue weighted by molar-refractivity contribution is 6.35. The van der Waals surface area contributed by atoms with Gasteiger partial charge in [-0.2, -0.15) is 0 Å². The minimum Gasteiger partial charge on any atom is -0.368 e. The Labute approximate surface area is 152 Å². The molecule has 0 aliphatic carbocycles. The monoisotopic (exact) mass is 366 g/mol. The number of benzene rings is 1. The number of hydrogen-bond donors (Lipinski definition) is 1. The van der Waals surface area contributed by atoms with Gasteiger partial charge in [-0.05, 0) is 38.0 Å². The van der Waals surface area contributed by atoms with Crippen LogP contribution in [0.1, 0.15) is 29.9 Å². The van der Waals surface area contributed by atoms with Crippen LogP contribution in [0.25, 0.3) is 0 Å². The number of carbonyl (C=O) groups is 1. The van der Waals surface area contributed by atoms with Crippen molar-refractivity contribution in [3.05, 3.63) is 51.9 Å². The van der Waals surface area contributed by atoms with Gasteiger partial charge in [-0.25, -0.2) is 9.97 Å². The summed E-state index contributed by atoms with van der Waals surface area (Å²) in [4.78, 5) is 22.3. The van der Waals surface area contributed by atoms with Gasteiger partial charge in [-0.15, -0.1) is 0 Å². The van der Waals surface area contributed by atoms with Gasteiger partial charge < -0.3 is 10.2 Å². The first-order chi connectivity index (χ1) is 11.5. The third kappa shape index (κ3) is 4.82. The summed E-state index contributed by atoms with van der Waals surface area (Å²) in [6.07, 6.45) is 3.80. The molecule has 2 aromatic rings. The van der Waals surface area contributed by atoms with E-state index < -0.39 is 0 Å². The van der Waals surface area contributed by atoms with Gasteiger partial charge in [-0.3, -0.25) is 4.79 Å². The van der Waals surface area contributed by atoms with E-state index in [4.69, 9.17) is 23.2 Å². The van der Waals surface area contributed by atoms with Crippen LogP contribution in [0.3, 0.4) is 0 Å². The van der Waals surface area contributed by atoms with E-state index in [1.165, 1.54) is 6.20 Å². The van der Waals surface area contributed by atoms with Crippen LogP contribution in [-0.4, -0.2) is 40.4 Å². The van der Waals surface area contributed by atoms with Crippen molar-refractivity contribution in [2.24, 2.45) is 0 Å².